The van der Waals surface area contributed by atoms with Crippen molar-refractivity contribution in [1.82, 2.24) is 0 Å². The zero-order valence-electron chi connectivity index (χ0n) is 27.3. The predicted molar refractivity (Wildman–Crippen MR) is 178 cm³/mol. The fourth-order valence-corrected chi connectivity index (χ4v) is 7.35. The van der Waals surface area contributed by atoms with Gasteiger partial charge in [0.25, 0.3) is 0 Å². The van der Waals surface area contributed by atoms with Gasteiger partial charge in [-0.05, 0) is 92.5 Å². The molecule has 1 fully saturated rings. The molecule has 3 aromatic carbocycles. The fraction of sp³-hybridized carbons (Fsp3) is 0.333. The molecule has 4 N–H and O–H groups in total. The molecule has 9 heteroatoms. The number of phenols is 1. The predicted octanol–water partition coefficient (Wildman–Crippen LogP) is 5.73. The molecule has 0 unspecified atom stereocenters. The summed E-state index contributed by atoms with van der Waals surface area (Å²) in [7, 11) is 0. The summed E-state index contributed by atoms with van der Waals surface area (Å²) >= 11 is 0. The second-order valence-corrected chi connectivity index (χ2v) is 14.0. The average Bonchev–Trinajstić information content (AvgIpc) is 3.00. The number of aliphatic hydroxyl groups is 3. The van der Waals surface area contributed by atoms with E-state index in [0.717, 1.165) is 29.4 Å². The van der Waals surface area contributed by atoms with Crippen LogP contribution in [0.1, 0.15) is 62.8 Å². The standard InChI is InChI=1S/C39H38O9/c1-20(40)32-31(43)19-25-17-24-18-29-28(13-14-30(42)34(29)35(44)33(24)37(46)39(25,47)36(32)45)23-9-5-21(6-10-23)15-26(41)16-22-7-11-27(12-8-22)48-38(2,3)4/h5-14,24-25,42,44-45,47H,15-19H2,1-4H3/t24-,25+,39-/m1/s1. The molecule has 0 amide bonds. The van der Waals surface area contributed by atoms with Crippen molar-refractivity contribution in [2.24, 2.45) is 11.8 Å². The van der Waals surface area contributed by atoms with E-state index in [0.29, 0.717) is 11.1 Å². The quantitative estimate of drug-likeness (QED) is 0.235. The zero-order valence-corrected chi connectivity index (χ0v) is 27.3. The van der Waals surface area contributed by atoms with E-state index in [2.05, 4.69) is 0 Å². The lowest BCUT2D eigenvalue weighted by molar-refractivity contribution is -0.147. The largest absolute Gasteiger partial charge is 0.508 e. The van der Waals surface area contributed by atoms with Gasteiger partial charge in [-0.3, -0.25) is 19.2 Å². The van der Waals surface area contributed by atoms with E-state index < -0.39 is 51.9 Å². The molecule has 1 saturated carbocycles. The van der Waals surface area contributed by atoms with Crippen LogP contribution in [0.5, 0.6) is 11.5 Å². The zero-order chi connectivity index (χ0) is 34.7. The van der Waals surface area contributed by atoms with Gasteiger partial charge >= 0.3 is 0 Å². The number of ether oxygens (including phenoxy) is 1. The lowest BCUT2D eigenvalue weighted by Gasteiger charge is -2.46. The van der Waals surface area contributed by atoms with Crippen molar-refractivity contribution in [2.75, 3.05) is 0 Å². The van der Waals surface area contributed by atoms with Gasteiger partial charge in [0.05, 0.1) is 5.56 Å². The molecule has 0 aromatic heterocycles. The van der Waals surface area contributed by atoms with E-state index in [-0.39, 0.29) is 60.4 Å². The molecule has 48 heavy (non-hydrogen) atoms. The first kappa shape index (κ1) is 32.9. The van der Waals surface area contributed by atoms with E-state index >= 15 is 0 Å². The van der Waals surface area contributed by atoms with Crippen molar-refractivity contribution < 1.29 is 44.3 Å². The van der Waals surface area contributed by atoms with E-state index in [1.807, 2.05) is 69.3 Å². The molecule has 3 aromatic rings. The number of fused-ring (bicyclic) bond motifs is 3. The Hall–Kier alpha value is -5.02. The van der Waals surface area contributed by atoms with Gasteiger partial charge < -0.3 is 25.2 Å². The minimum atomic E-state index is -2.53. The molecule has 0 aliphatic heterocycles. The van der Waals surface area contributed by atoms with Crippen molar-refractivity contribution in [1.29, 1.82) is 0 Å². The smallest absolute Gasteiger partial charge is 0.202 e. The van der Waals surface area contributed by atoms with Gasteiger partial charge in [-0.2, -0.15) is 0 Å². The number of allylic oxidation sites excluding steroid dienone is 1. The Morgan fingerprint density at radius 2 is 1.48 bits per heavy atom. The van der Waals surface area contributed by atoms with Crippen LogP contribution in [0.2, 0.25) is 0 Å². The second-order valence-electron chi connectivity index (χ2n) is 14.0. The van der Waals surface area contributed by atoms with Gasteiger partial charge in [0.2, 0.25) is 5.78 Å². The first-order valence-electron chi connectivity index (χ1n) is 16.0. The third-order valence-electron chi connectivity index (χ3n) is 9.47. The summed E-state index contributed by atoms with van der Waals surface area (Å²) in [5, 5.41) is 44.6. The topological polar surface area (TPSA) is 158 Å². The van der Waals surface area contributed by atoms with Crippen LogP contribution in [0, 0.1) is 11.8 Å². The molecule has 0 saturated heterocycles. The van der Waals surface area contributed by atoms with Crippen LogP contribution < -0.4 is 4.74 Å². The second kappa shape index (κ2) is 11.9. The number of ketones is 4. The van der Waals surface area contributed by atoms with Crippen molar-refractivity contribution in [3.8, 4) is 22.6 Å². The van der Waals surface area contributed by atoms with Crippen LogP contribution in [0.15, 0.2) is 77.6 Å². The average molecular weight is 651 g/mol. The molecule has 0 spiro atoms. The highest BCUT2D eigenvalue weighted by atomic mass is 16.5. The van der Waals surface area contributed by atoms with Crippen LogP contribution in [0.3, 0.4) is 0 Å². The Bertz CT molecular complexity index is 1920. The summed E-state index contributed by atoms with van der Waals surface area (Å²) < 4.78 is 5.85. The SMILES string of the molecule is CC(=O)C1=C(O)[C@@]2(O)C(=O)C3=C(O)c4c(O)ccc(-c5ccc(CC(=O)Cc6ccc(OC(C)(C)C)cc6)cc5)c4C[C@H]3C[C@H]2CC1=O. The highest BCUT2D eigenvalue weighted by molar-refractivity contribution is 6.23. The maximum absolute atomic E-state index is 13.8. The molecule has 9 nitrogen and oxygen atoms in total. The van der Waals surface area contributed by atoms with E-state index in [1.165, 1.54) is 6.07 Å². The Balaban J connectivity index is 1.25. The van der Waals surface area contributed by atoms with Gasteiger partial charge in [-0.15, -0.1) is 0 Å². The van der Waals surface area contributed by atoms with Crippen LogP contribution >= 0.6 is 0 Å². The molecule has 3 aliphatic rings. The number of carbonyl (C=O) groups excluding carboxylic acids is 4. The highest BCUT2D eigenvalue weighted by Gasteiger charge is 2.60. The summed E-state index contributed by atoms with van der Waals surface area (Å²) in [5.74, 6) is -4.94. The number of hydrogen-bond acceptors (Lipinski definition) is 9. The third-order valence-corrected chi connectivity index (χ3v) is 9.47. The molecule has 0 bridgehead atoms. The molecule has 3 aliphatic carbocycles. The third kappa shape index (κ3) is 5.72. The first-order chi connectivity index (χ1) is 22.6. The van der Waals surface area contributed by atoms with Crippen LogP contribution in [-0.4, -0.2) is 54.8 Å². The van der Waals surface area contributed by atoms with E-state index in [4.69, 9.17) is 4.74 Å². The van der Waals surface area contributed by atoms with E-state index in [1.54, 1.807) is 6.07 Å². The lowest BCUT2D eigenvalue weighted by atomic mass is 9.59. The summed E-state index contributed by atoms with van der Waals surface area (Å²) in [6, 6.07) is 18.1. The van der Waals surface area contributed by atoms with Crippen LogP contribution in [0.25, 0.3) is 16.9 Å². The number of aromatic hydroxyl groups is 1. The maximum atomic E-state index is 13.8. The first-order valence-corrected chi connectivity index (χ1v) is 16.0. The normalized spacial score (nSPS) is 22.2. The molecular formula is C39H38O9. The molecule has 6 rings (SSSR count). The molecule has 0 radical (unpaired) electrons. The van der Waals surface area contributed by atoms with Gasteiger partial charge in [-0.1, -0.05) is 42.5 Å². The minimum Gasteiger partial charge on any atom is -0.508 e. The van der Waals surface area contributed by atoms with Crippen molar-refractivity contribution >= 4 is 28.9 Å². The fourth-order valence-electron chi connectivity index (χ4n) is 7.35. The Labute approximate surface area is 278 Å². The van der Waals surface area contributed by atoms with Crippen molar-refractivity contribution in [3.05, 3.63) is 99.8 Å². The number of Topliss-reactive ketones (excluding diaryl/α,β-unsaturated/α-hetero) is 4. The van der Waals surface area contributed by atoms with Crippen LogP contribution in [-0.2, 0) is 38.4 Å². The summed E-state index contributed by atoms with van der Waals surface area (Å²) in [4.78, 5) is 51.5. The van der Waals surface area contributed by atoms with Crippen molar-refractivity contribution in [3.63, 3.8) is 0 Å². The van der Waals surface area contributed by atoms with Gasteiger partial charge in [0.1, 0.15) is 40.0 Å². The monoisotopic (exact) mass is 650 g/mol. The molecule has 3 atom stereocenters. The number of rotatable bonds is 7. The molecule has 0 heterocycles. The number of carbonyl (C=O) groups is 4. The summed E-state index contributed by atoms with van der Waals surface area (Å²) in [5.41, 5.74) is 0.237. The number of hydrogen-bond donors (Lipinski definition) is 4. The van der Waals surface area contributed by atoms with Crippen LogP contribution in [0.4, 0.5) is 0 Å². The lowest BCUT2D eigenvalue weighted by Crippen LogP contribution is -2.57. The minimum absolute atomic E-state index is 0.0504. The Morgan fingerprint density at radius 1 is 0.875 bits per heavy atom. The van der Waals surface area contributed by atoms with Crippen molar-refractivity contribution in [2.45, 2.75) is 71.0 Å². The number of benzene rings is 3. The summed E-state index contributed by atoms with van der Waals surface area (Å²) in [6.07, 6.45) is 0.519. The van der Waals surface area contributed by atoms with Gasteiger partial charge in [-0.25, -0.2) is 0 Å². The highest BCUT2D eigenvalue weighted by Crippen LogP contribution is 2.53. The Morgan fingerprint density at radius 3 is 2.06 bits per heavy atom. The molecule has 248 valence electrons. The van der Waals surface area contributed by atoms with Gasteiger partial charge in [0.15, 0.2) is 17.2 Å². The number of phenolic OH excluding ortho intramolecular Hbond substituents is 1. The Kier molecular flexibility index (Phi) is 8.15. The summed E-state index contributed by atoms with van der Waals surface area (Å²) in [6.45, 7) is 6.99. The number of aliphatic hydroxyl groups excluding tert-OH is 2. The molecular weight excluding hydrogens is 612 g/mol. The van der Waals surface area contributed by atoms with Gasteiger partial charge in [0, 0.05) is 30.8 Å². The maximum Gasteiger partial charge on any atom is 0.202 e. The van der Waals surface area contributed by atoms with E-state index in [9.17, 15) is 39.6 Å².